The van der Waals surface area contributed by atoms with Crippen LogP contribution < -0.4 is 0 Å². The Morgan fingerprint density at radius 3 is 2.55 bits per heavy atom. The van der Waals surface area contributed by atoms with Crippen LogP contribution in [0.1, 0.15) is 33.1 Å². The Balaban J connectivity index is 2.52. The van der Waals surface area contributed by atoms with Crippen LogP contribution in [-0.2, 0) is 4.79 Å². The molecule has 0 aromatic carbocycles. The average Bonchev–Trinajstić information content (AvgIpc) is 2.33. The van der Waals surface area contributed by atoms with Gasteiger partial charge in [-0.25, -0.2) is 0 Å². The Hall–Kier alpha value is -0.370. The maximum absolute atomic E-state index is 11.2. The summed E-state index contributed by atoms with van der Waals surface area (Å²) in [5, 5.41) is 9.58. The van der Waals surface area contributed by atoms with Gasteiger partial charge in [-0.2, -0.15) is 0 Å². The van der Waals surface area contributed by atoms with Crippen LogP contribution in [0.2, 0.25) is 0 Å². The normalized spacial score (nSPS) is 28.0. The van der Waals surface area contributed by atoms with Crippen LogP contribution >= 0.6 is 0 Å². The van der Waals surface area contributed by atoms with Crippen molar-refractivity contribution in [3.8, 4) is 0 Å². The fourth-order valence-corrected chi connectivity index (χ4v) is 1.67. The van der Waals surface area contributed by atoms with E-state index >= 15 is 0 Å². The van der Waals surface area contributed by atoms with Crippen molar-refractivity contribution in [3.63, 3.8) is 0 Å². The minimum atomic E-state index is -0.412. The van der Waals surface area contributed by atoms with E-state index in [2.05, 4.69) is 0 Å². The molecule has 2 atom stereocenters. The molecule has 1 aliphatic rings. The highest BCUT2D eigenvalue weighted by Gasteiger charge is 2.32. The number of hydrogen-bond acceptors (Lipinski definition) is 2. The van der Waals surface area contributed by atoms with Crippen molar-refractivity contribution in [1.29, 1.82) is 0 Å². The Labute approximate surface area is 67.6 Å². The zero-order valence-electron chi connectivity index (χ0n) is 7.21. The van der Waals surface area contributed by atoms with Gasteiger partial charge < -0.3 is 5.11 Å². The molecule has 0 spiro atoms. The minimum absolute atomic E-state index is 0.0602. The number of aliphatic hydroxyl groups excluding tert-OH is 1. The van der Waals surface area contributed by atoms with E-state index in [9.17, 15) is 9.90 Å². The van der Waals surface area contributed by atoms with Gasteiger partial charge in [0.25, 0.3) is 0 Å². The van der Waals surface area contributed by atoms with Crippen LogP contribution in [0.25, 0.3) is 0 Å². The Kier molecular flexibility index (Phi) is 2.66. The van der Waals surface area contributed by atoms with Crippen molar-refractivity contribution in [2.24, 2.45) is 11.8 Å². The summed E-state index contributed by atoms with van der Waals surface area (Å²) in [6.45, 7) is 3.91. The molecule has 1 aliphatic carbocycles. The molecule has 0 saturated heterocycles. The van der Waals surface area contributed by atoms with Crippen molar-refractivity contribution in [3.05, 3.63) is 0 Å². The van der Waals surface area contributed by atoms with Crippen molar-refractivity contribution in [2.75, 3.05) is 0 Å². The topological polar surface area (TPSA) is 37.3 Å². The highest BCUT2D eigenvalue weighted by atomic mass is 16.3. The molecule has 0 bridgehead atoms. The fraction of sp³-hybridized carbons (Fsp3) is 0.889. The lowest BCUT2D eigenvalue weighted by Crippen LogP contribution is -2.28. The maximum Gasteiger partial charge on any atom is 0.138 e. The molecule has 2 heteroatoms. The van der Waals surface area contributed by atoms with Gasteiger partial charge in [-0.3, -0.25) is 4.79 Å². The molecule has 0 amide bonds. The number of hydrogen-bond donors (Lipinski definition) is 1. The number of rotatable bonds is 2. The summed E-state index contributed by atoms with van der Waals surface area (Å²) in [6, 6.07) is 0. The second kappa shape index (κ2) is 3.35. The van der Waals surface area contributed by atoms with E-state index in [0.29, 0.717) is 6.42 Å². The average molecular weight is 156 g/mol. The quantitative estimate of drug-likeness (QED) is 0.655. The summed E-state index contributed by atoms with van der Waals surface area (Å²) < 4.78 is 0. The van der Waals surface area contributed by atoms with E-state index in [1.165, 1.54) is 0 Å². The SMILES string of the molecule is CC(C)[C@@H](O)[C@@H]1CCCC1=O. The molecular formula is C9H16O2. The molecule has 1 saturated carbocycles. The van der Waals surface area contributed by atoms with Crippen LogP contribution in [0, 0.1) is 11.8 Å². The smallest absolute Gasteiger partial charge is 0.138 e. The van der Waals surface area contributed by atoms with Crippen molar-refractivity contribution >= 4 is 5.78 Å². The Morgan fingerprint density at radius 2 is 2.18 bits per heavy atom. The molecule has 0 aromatic rings. The largest absolute Gasteiger partial charge is 0.392 e. The lowest BCUT2D eigenvalue weighted by atomic mass is 9.91. The molecule has 1 rings (SSSR count). The minimum Gasteiger partial charge on any atom is -0.392 e. The molecule has 0 unspecified atom stereocenters. The lowest BCUT2D eigenvalue weighted by molar-refractivity contribution is -0.124. The zero-order chi connectivity index (χ0) is 8.43. The van der Waals surface area contributed by atoms with Crippen molar-refractivity contribution in [2.45, 2.75) is 39.2 Å². The van der Waals surface area contributed by atoms with Gasteiger partial charge >= 0.3 is 0 Å². The van der Waals surface area contributed by atoms with Crippen molar-refractivity contribution in [1.82, 2.24) is 0 Å². The second-order valence-corrected chi connectivity index (χ2v) is 3.70. The highest BCUT2D eigenvalue weighted by Crippen LogP contribution is 2.27. The third kappa shape index (κ3) is 1.80. The first-order valence-electron chi connectivity index (χ1n) is 4.33. The van der Waals surface area contributed by atoms with Gasteiger partial charge in [0.2, 0.25) is 0 Å². The second-order valence-electron chi connectivity index (χ2n) is 3.70. The van der Waals surface area contributed by atoms with E-state index < -0.39 is 6.10 Å². The van der Waals surface area contributed by atoms with E-state index in [1.54, 1.807) is 0 Å². The summed E-state index contributed by atoms with van der Waals surface area (Å²) >= 11 is 0. The van der Waals surface area contributed by atoms with E-state index in [1.807, 2.05) is 13.8 Å². The first kappa shape index (κ1) is 8.72. The third-order valence-corrected chi connectivity index (χ3v) is 2.45. The fourth-order valence-electron chi connectivity index (χ4n) is 1.67. The van der Waals surface area contributed by atoms with Gasteiger partial charge in [-0.15, -0.1) is 0 Å². The molecule has 11 heavy (non-hydrogen) atoms. The molecule has 0 heterocycles. The first-order valence-corrected chi connectivity index (χ1v) is 4.33. The van der Waals surface area contributed by atoms with Gasteiger partial charge in [-0.05, 0) is 18.8 Å². The summed E-state index contributed by atoms with van der Waals surface area (Å²) in [7, 11) is 0. The summed E-state index contributed by atoms with van der Waals surface area (Å²) in [6.07, 6.45) is 2.12. The third-order valence-electron chi connectivity index (χ3n) is 2.45. The predicted octanol–water partition coefficient (Wildman–Crippen LogP) is 1.37. The molecule has 2 nitrogen and oxygen atoms in total. The van der Waals surface area contributed by atoms with Gasteiger partial charge in [0, 0.05) is 12.3 Å². The van der Waals surface area contributed by atoms with E-state index in [-0.39, 0.29) is 17.6 Å². The van der Waals surface area contributed by atoms with Crippen molar-refractivity contribution < 1.29 is 9.90 Å². The molecule has 1 fully saturated rings. The van der Waals surface area contributed by atoms with E-state index in [4.69, 9.17) is 0 Å². The highest BCUT2D eigenvalue weighted by molar-refractivity contribution is 5.83. The molecular weight excluding hydrogens is 140 g/mol. The van der Waals surface area contributed by atoms with Gasteiger partial charge in [0.05, 0.1) is 6.10 Å². The van der Waals surface area contributed by atoms with E-state index in [0.717, 1.165) is 12.8 Å². The van der Waals surface area contributed by atoms with Crippen LogP contribution in [0.4, 0.5) is 0 Å². The number of Topliss-reactive ketones (excluding diaryl/α,β-unsaturated/α-hetero) is 1. The zero-order valence-corrected chi connectivity index (χ0v) is 7.21. The molecule has 64 valence electrons. The standard InChI is InChI=1S/C9H16O2/c1-6(2)9(11)7-4-3-5-8(7)10/h6-7,9,11H,3-5H2,1-2H3/t7-,9-/m1/s1. The Bertz CT molecular complexity index is 152. The molecule has 0 aromatic heterocycles. The Morgan fingerprint density at radius 1 is 1.55 bits per heavy atom. The van der Waals surface area contributed by atoms with Crippen LogP contribution in [0.15, 0.2) is 0 Å². The molecule has 1 N–H and O–H groups in total. The first-order chi connectivity index (χ1) is 5.13. The van der Waals surface area contributed by atoms with Crippen LogP contribution in [0.5, 0.6) is 0 Å². The predicted molar refractivity (Wildman–Crippen MR) is 43.2 cm³/mol. The monoisotopic (exact) mass is 156 g/mol. The van der Waals surface area contributed by atoms with Crippen LogP contribution in [-0.4, -0.2) is 17.0 Å². The number of aliphatic hydroxyl groups is 1. The number of ketones is 1. The van der Waals surface area contributed by atoms with Gasteiger partial charge in [0.1, 0.15) is 5.78 Å². The van der Waals surface area contributed by atoms with Gasteiger partial charge in [0.15, 0.2) is 0 Å². The summed E-state index contributed by atoms with van der Waals surface area (Å²) in [4.78, 5) is 11.2. The maximum atomic E-state index is 11.2. The van der Waals surface area contributed by atoms with Crippen LogP contribution in [0.3, 0.4) is 0 Å². The summed E-state index contributed by atoms with van der Waals surface area (Å²) in [5.74, 6) is 0.406. The molecule has 0 radical (unpaired) electrons. The summed E-state index contributed by atoms with van der Waals surface area (Å²) in [5.41, 5.74) is 0. The lowest BCUT2D eigenvalue weighted by Gasteiger charge is -2.19. The number of carbonyl (C=O) groups excluding carboxylic acids is 1. The molecule has 0 aliphatic heterocycles. The number of carbonyl (C=O) groups is 1. The van der Waals surface area contributed by atoms with Gasteiger partial charge in [-0.1, -0.05) is 13.8 Å².